The van der Waals surface area contributed by atoms with E-state index in [1.165, 1.54) is 0 Å². The number of aromatic nitrogens is 3. The van der Waals surface area contributed by atoms with Crippen LogP contribution >= 0.6 is 0 Å². The highest BCUT2D eigenvalue weighted by atomic mass is 16.5. The third kappa shape index (κ3) is 3.88. The lowest BCUT2D eigenvalue weighted by atomic mass is 9.99. The minimum absolute atomic E-state index is 0.215. The Hall–Kier alpha value is -3.13. The van der Waals surface area contributed by atoms with E-state index < -0.39 is 0 Å². The summed E-state index contributed by atoms with van der Waals surface area (Å²) in [6.07, 6.45) is 3.85. The van der Waals surface area contributed by atoms with E-state index >= 15 is 0 Å². The minimum atomic E-state index is 0.215. The number of hydrogen-bond donors (Lipinski definition) is 1. The first-order valence-corrected chi connectivity index (χ1v) is 9.60. The second-order valence-electron chi connectivity index (χ2n) is 7.01. The Morgan fingerprint density at radius 2 is 2.10 bits per heavy atom. The Morgan fingerprint density at radius 3 is 2.83 bits per heavy atom. The number of para-hydroxylation sites is 1. The highest BCUT2D eigenvalue weighted by Gasteiger charge is 2.21. The van der Waals surface area contributed by atoms with Gasteiger partial charge >= 0.3 is 0 Å². The quantitative estimate of drug-likeness (QED) is 0.680. The van der Waals surface area contributed by atoms with Gasteiger partial charge in [-0.1, -0.05) is 11.2 Å². The molecule has 29 heavy (non-hydrogen) atoms. The van der Waals surface area contributed by atoms with Gasteiger partial charge in [0.2, 0.25) is 5.82 Å². The maximum Gasteiger partial charge on any atom is 0.259 e. The van der Waals surface area contributed by atoms with Gasteiger partial charge in [0.1, 0.15) is 5.82 Å². The van der Waals surface area contributed by atoms with Crippen molar-refractivity contribution in [1.82, 2.24) is 15.1 Å². The summed E-state index contributed by atoms with van der Waals surface area (Å²) >= 11 is 0. The number of piperidine rings is 1. The number of anilines is 1. The Labute approximate surface area is 169 Å². The van der Waals surface area contributed by atoms with Gasteiger partial charge in [0.25, 0.3) is 5.89 Å². The van der Waals surface area contributed by atoms with Crippen LogP contribution in [0.1, 0.15) is 12.8 Å². The molecule has 1 fully saturated rings. The van der Waals surface area contributed by atoms with Gasteiger partial charge in [-0.05, 0) is 43.0 Å². The zero-order valence-electron chi connectivity index (χ0n) is 16.5. The molecule has 2 aromatic heterocycles. The summed E-state index contributed by atoms with van der Waals surface area (Å²) in [5.41, 5.74) is 1.43. The number of aliphatic hydroxyl groups excluding tert-OH is 1. The zero-order chi connectivity index (χ0) is 20.2. The SMILES string of the molecule is COc1cccc(-c2noc(-c3ccc(N4CCC[C@H](CO)C4)nc3)n2)c1OC. The van der Waals surface area contributed by atoms with Crippen LogP contribution in [-0.2, 0) is 0 Å². The fraction of sp³-hybridized carbons (Fsp3) is 0.381. The normalized spacial score (nSPS) is 16.7. The average molecular weight is 396 g/mol. The molecule has 0 amide bonds. The van der Waals surface area contributed by atoms with Crippen molar-refractivity contribution in [2.24, 2.45) is 5.92 Å². The van der Waals surface area contributed by atoms with Gasteiger partial charge in [-0.3, -0.25) is 0 Å². The standard InChI is InChI=1S/C21H24N4O4/c1-27-17-7-3-6-16(19(17)28-2)20-23-21(29-24-20)15-8-9-18(22-11-15)25-10-4-5-14(12-25)13-26/h3,6-9,11,14,26H,4-5,10,12-13H2,1-2H3/t14-/m0/s1. The lowest BCUT2D eigenvalue weighted by Crippen LogP contribution is -2.37. The van der Waals surface area contributed by atoms with Crippen LogP contribution in [0.2, 0.25) is 0 Å². The first-order chi connectivity index (χ1) is 14.2. The fourth-order valence-corrected chi connectivity index (χ4v) is 3.64. The second-order valence-corrected chi connectivity index (χ2v) is 7.01. The maximum atomic E-state index is 9.42. The molecule has 8 nitrogen and oxygen atoms in total. The van der Waals surface area contributed by atoms with E-state index in [1.54, 1.807) is 20.4 Å². The lowest BCUT2D eigenvalue weighted by Gasteiger charge is -2.32. The molecule has 1 aliphatic rings. The molecule has 1 saturated heterocycles. The van der Waals surface area contributed by atoms with Gasteiger partial charge in [-0.15, -0.1) is 0 Å². The van der Waals surface area contributed by atoms with Crippen LogP contribution in [-0.4, -0.2) is 54.1 Å². The number of benzene rings is 1. The predicted octanol–water partition coefficient (Wildman–Crippen LogP) is 3.02. The van der Waals surface area contributed by atoms with Crippen molar-refractivity contribution in [3.8, 4) is 34.3 Å². The molecule has 0 aliphatic carbocycles. The van der Waals surface area contributed by atoms with Crippen molar-refractivity contribution in [3.63, 3.8) is 0 Å². The number of methoxy groups -OCH3 is 2. The molecular weight excluding hydrogens is 372 g/mol. The van der Waals surface area contributed by atoms with E-state index in [9.17, 15) is 5.11 Å². The van der Waals surface area contributed by atoms with Crippen molar-refractivity contribution < 1.29 is 19.1 Å². The van der Waals surface area contributed by atoms with Crippen molar-refractivity contribution in [2.75, 3.05) is 38.8 Å². The Morgan fingerprint density at radius 1 is 1.21 bits per heavy atom. The Bertz CT molecular complexity index is 958. The molecule has 152 valence electrons. The monoisotopic (exact) mass is 396 g/mol. The number of nitrogens with zero attached hydrogens (tertiary/aromatic N) is 4. The van der Waals surface area contributed by atoms with Crippen LogP contribution in [0.25, 0.3) is 22.8 Å². The number of aliphatic hydroxyl groups is 1. The molecule has 1 aliphatic heterocycles. The molecule has 1 aromatic carbocycles. The molecule has 3 aromatic rings. The summed E-state index contributed by atoms with van der Waals surface area (Å²) in [5.74, 6) is 3.16. The van der Waals surface area contributed by atoms with Crippen molar-refractivity contribution in [3.05, 3.63) is 36.5 Å². The van der Waals surface area contributed by atoms with Gasteiger partial charge in [0.05, 0.1) is 25.3 Å². The smallest absolute Gasteiger partial charge is 0.259 e. The molecule has 1 N–H and O–H groups in total. The topological polar surface area (TPSA) is 93.7 Å². The second kappa shape index (κ2) is 8.48. The van der Waals surface area contributed by atoms with Gasteiger partial charge in [0, 0.05) is 25.9 Å². The van der Waals surface area contributed by atoms with Gasteiger partial charge in [-0.25, -0.2) is 4.98 Å². The molecule has 0 radical (unpaired) electrons. The molecule has 3 heterocycles. The number of ether oxygens (including phenoxy) is 2. The molecule has 4 rings (SSSR count). The van der Waals surface area contributed by atoms with Crippen LogP contribution in [0.4, 0.5) is 5.82 Å². The van der Waals surface area contributed by atoms with Gasteiger partial charge in [-0.2, -0.15) is 4.98 Å². The highest BCUT2D eigenvalue weighted by molar-refractivity contribution is 5.69. The van der Waals surface area contributed by atoms with Crippen LogP contribution in [0, 0.1) is 5.92 Å². The summed E-state index contributed by atoms with van der Waals surface area (Å²) in [7, 11) is 3.16. The third-order valence-electron chi connectivity index (χ3n) is 5.17. The van der Waals surface area contributed by atoms with Crippen LogP contribution in [0.15, 0.2) is 41.1 Å². The van der Waals surface area contributed by atoms with E-state index in [4.69, 9.17) is 14.0 Å². The van der Waals surface area contributed by atoms with Gasteiger partial charge in [0.15, 0.2) is 11.5 Å². The minimum Gasteiger partial charge on any atom is -0.493 e. The van der Waals surface area contributed by atoms with E-state index in [0.717, 1.165) is 37.3 Å². The number of hydrogen-bond acceptors (Lipinski definition) is 8. The summed E-state index contributed by atoms with van der Waals surface area (Å²) in [4.78, 5) is 11.3. The summed E-state index contributed by atoms with van der Waals surface area (Å²) in [5, 5.41) is 13.5. The predicted molar refractivity (Wildman–Crippen MR) is 108 cm³/mol. The van der Waals surface area contributed by atoms with Crippen LogP contribution in [0.5, 0.6) is 11.5 Å². The van der Waals surface area contributed by atoms with Crippen molar-refractivity contribution >= 4 is 5.82 Å². The third-order valence-corrected chi connectivity index (χ3v) is 5.17. The van der Waals surface area contributed by atoms with Crippen LogP contribution in [0.3, 0.4) is 0 Å². The number of rotatable bonds is 6. The molecule has 0 bridgehead atoms. The van der Waals surface area contributed by atoms with Crippen molar-refractivity contribution in [1.29, 1.82) is 0 Å². The zero-order valence-corrected chi connectivity index (χ0v) is 16.5. The average Bonchev–Trinajstić information content (AvgIpc) is 3.28. The van der Waals surface area contributed by atoms with E-state index in [0.29, 0.717) is 34.7 Å². The summed E-state index contributed by atoms with van der Waals surface area (Å²) < 4.78 is 16.2. The first kappa shape index (κ1) is 19.2. The van der Waals surface area contributed by atoms with Crippen LogP contribution < -0.4 is 14.4 Å². The van der Waals surface area contributed by atoms with E-state index in [2.05, 4.69) is 20.0 Å². The lowest BCUT2D eigenvalue weighted by molar-refractivity contribution is 0.208. The molecule has 0 spiro atoms. The Kier molecular flexibility index (Phi) is 5.62. The maximum absolute atomic E-state index is 9.42. The molecular formula is C21H24N4O4. The van der Waals surface area contributed by atoms with Gasteiger partial charge < -0.3 is 24.0 Å². The number of pyridine rings is 1. The summed E-state index contributed by atoms with van der Waals surface area (Å²) in [6.45, 7) is 1.99. The fourth-order valence-electron chi connectivity index (χ4n) is 3.64. The van der Waals surface area contributed by atoms with E-state index in [-0.39, 0.29) is 6.61 Å². The van der Waals surface area contributed by atoms with Crippen molar-refractivity contribution in [2.45, 2.75) is 12.8 Å². The first-order valence-electron chi connectivity index (χ1n) is 9.60. The molecule has 0 unspecified atom stereocenters. The molecule has 0 saturated carbocycles. The largest absolute Gasteiger partial charge is 0.493 e. The molecule has 1 atom stereocenters. The highest BCUT2D eigenvalue weighted by Crippen LogP contribution is 2.37. The molecule has 8 heteroatoms. The van der Waals surface area contributed by atoms with E-state index in [1.807, 2.05) is 30.3 Å². The summed E-state index contributed by atoms with van der Waals surface area (Å²) in [6, 6.07) is 9.39. The Balaban J connectivity index is 1.56.